The Balaban J connectivity index is 0.00000320. The predicted molar refractivity (Wildman–Crippen MR) is 148 cm³/mol. The summed E-state index contributed by atoms with van der Waals surface area (Å²) < 4.78 is 5.46. The van der Waals surface area contributed by atoms with E-state index in [1.807, 2.05) is 60.7 Å². The summed E-state index contributed by atoms with van der Waals surface area (Å²) in [5.74, 6) is -1.05. The quantitative estimate of drug-likeness (QED) is 0.273. The second-order valence-electron chi connectivity index (χ2n) is 8.38. The third-order valence-corrected chi connectivity index (χ3v) is 6.16. The van der Waals surface area contributed by atoms with Gasteiger partial charge in [-0.15, -0.1) is 12.4 Å². The van der Waals surface area contributed by atoms with Crippen molar-refractivity contribution in [2.75, 3.05) is 6.61 Å². The Labute approximate surface area is 222 Å². The monoisotopic (exact) mass is 510 g/mol. The van der Waals surface area contributed by atoms with Crippen LogP contribution in [0.25, 0.3) is 33.3 Å². The summed E-state index contributed by atoms with van der Waals surface area (Å²) in [4.78, 5) is 27.0. The summed E-state index contributed by atoms with van der Waals surface area (Å²) in [5.41, 5.74) is 12.8. The molecule has 0 aliphatic heterocycles. The summed E-state index contributed by atoms with van der Waals surface area (Å²) in [7, 11) is 0. The number of halogens is 1. The van der Waals surface area contributed by atoms with Crippen molar-refractivity contribution in [3.05, 3.63) is 114 Å². The summed E-state index contributed by atoms with van der Waals surface area (Å²) in [6.07, 6.45) is 5.04. The third kappa shape index (κ3) is 5.35. The van der Waals surface area contributed by atoms with Gasteiger partial charge in [0.25, 0.3) is 0 Å². The second kappa shape index (κ2) is 11.7. The van der Waals surface area contributed by atoms with E-state index in [-0.39, 0.29) is 25.0 Å². The van der Waals surface area contributed by atoms with Gasteiger partial charge in [0, 0.05) is 41.6 Å². The van der Waals surface area contributed by atoms with Crippen LogP contribution in [-0.2, 0) is 16.1 Å². The molecule has 0 aliphatic rings. The van der Waals surface area contributed by atoms with Crippen molar-refractivity contribution < 1.29 is 9.53 Å². The second-order valence-corrected chi connectivity index (χ2v) is 8.38. The Kier molecular flexibility index (Phi) is 8.23. The number of nitrogens with two attached hydrogens (primary N) is 1. The van der Waals surface area contributed by atoms with Crippen LogP contribution in [0.15, 0.2) is 97.5 Å². The molecule has 0 bridgehead atoms. The molecule has 0 spiro atoms. The maximum Gasteiger partial charge on any atom is 0.319 e. The molecule has 6 nitrogen and oxygen atoms in total. The van der Waals surface area contributed by atoms with Gasteiger partial charge in [0.1, 0.15) is 5.92 Å². The maximum absolute atomic E-state index is 13.2. The van der Waals surface area contributed by atoms with Gasteiger partial charge in [0.05, 0.1) is 23.5 Å². The van der Waals surface area contributed by atoms with Crippen molar-refractivity contribution in [2.24, 2.45) is 5.73 Å². The Morgan fingerprint density at radius 2 is 1.65 bits per heavy atom. The Bertz CT molecular complexity index is 1490. The number of nitrogens with zero attached hydrogens (tertiary/aromatic N) is 3. The van der Waals surface area contributed by atoms with Crippen LogP contribution in [0.1, 0.15) is 29.7 Å². The lowest BCUT2D eigenvalue weighted by molar-refractivity contribution is -0.143. The van der Waals surface area contributed by atoms with Crippen LogP contribution in [0.4, 0.5) is 0 Å². The van der Waals surface area contributed by atoms with Crippen molar-refractivity contribution in [3.63, 3.8) is 0 Å². The highest BCUT2D eigenvalue weighted by Gasteiger charge is 2.28. The Hall–Kier alpha value is -4.13. The Morgan fingerprint density at radius 3 is 2.32 bits per heavy atom. The van der Waals surface area contributed by atoms with Gasteiger partial charge in [-0.05, 0) is 47.9 Å². The van der Waals surface area contributed by atoms with Gasteiger partial charge >= 0.3 is 5.97 Å². The number of aromatic nitrogens is 3. The van der Waals surface area contributed by atoms with E-state index in [0.29, 0.717) is 12.2 Å². The van der Waals surface area contributed by atoms with E-state index in [4.69, 9.17) is 15.5 Å². The number of hydrogen-bond acceptors (Lipinski definition) is 6. The highest BCUT2D eigenvalue weighted by atomic mass is 35.5. The highest BCUT2D eigenvalue weighted by Crippen LogP contribution is 2.37. The topological polar surface area (TPSA) is 91.0 Å². The van der Waals surface area contributed by atoms with Crippen LogP contribution in [0.5, 0.6) is 0 Å². The number of carbonyl (C=O) groups is 1. The van der Waals surface area contributed by atoms with Gasteiger partial charge in [-0.3, -0.25) is 14.8 Å². The average Bonchev–Trinajstić information content (AvgIpc) is 2.94. The summed E-state index contributed by atoms with van der Waals surface area (Å²) >= 11 is 0. The lowest BCUT2D eigenvalue weighted by Crippen LogP contribution is -2.19. The number of rotatable bonds is 7. The van der Waals surface area contributed by atoms with Crippen molar-refractivity contribution in [3.8, 4) is 22.4 Å². The van der Waals surface area contributed by atoms with Crippen LogP contribution in [-0.4, -0.2) is 27.5 Å². The van der Waals surface area contributed by atoms with Crippen LogP contribution < -0.4 is 5.73 Å². The molecule has 1 unspecified atom stereocenters. The van der Waals surface area contributed by atoms with Crippen molar-refractivity contribution in [1.82, 2.24) is 15.0 Å². The predicted octanol–water partition coefficient (Wildman–Crippen LogP) is 5.93. The number of hydrogen-bond donors (Lipinski definition) is 1. The first-order chi connectivity index (χ1) is 17.7. The Morgan fingerprint density at radius 1 is 0.919 bits per heavy atom. The lowest BCUT2D eigenvalue weighted by atomic mass is 9.91. The van der Waals surface area contributed by atoms with Crippen LogP contribution in [0.2, 0.25) is 0 Å². The molecule has 5 aromatic rings. The zero-order valence-corrected chi connectivity index (χ0v) is 21.2. The molecule has 186 valence electrons. The van der Waals surface area contributed by atoms with Crippen molar-refractivity contribution in [2.45, 2.75) is 19.4 Å². The number of carbonyl (C=O) groups excluding carboxylic acids is 1. The first-order valence-electron chi connectivity index (χ1n) is 11.9. The molecule has 5 rings (SSSR count). The van der Waals surface area contributed by atoms with Gasteiger partial charge in [0.2, 0.25) is 0 Å². The first kappa shape index (κ1) is 25.9. The molecule has 0 fully saturated rings. The van der Waals surface area contributed by atoms with Gasteiger partial charge in [0.15, 0.2) is 0 Å². The molecule has 2 aromatic carbocycles. The summed E-state index contributed by atoms with van der Waals surface area (Å²) in [6.45, 7) is 2.56. The van der Waals surface area contributed by atoms with Gasteiger partial charge in [-0.25, -0.2) is 4.98 Å². The highest BCUT2D eigenvalue weighted by molar-refractivity contribution is 5.96. The fourth-order valence-electron chi connectivity index (χ4n) is 4.39. The molecule has 3 aromatic heterocycles. The smallest absolute Gasteiger partial charge is 0.319 e. The van der Waals surface area contributed by atoms with Crippen LogP contribution in [0, 0.1) is 0 Å². The molecule has 0 saturated carbocycles. The van der Waals surface area contributed by atoms with Crippen LogP contribution in [0.3, 0.4) is 0 Å². The summed E-state index contributed by atoms with van der Waals surface area (Å²) in [6, 6.07) is 25.8. The van der Waals surface area contributed by atoms with E-state index in [0.717, 1.165) is 44.4 Å². The van der Waals surface area contributed by atoms with E-state index < -0.39 is 5.92 Å². The molecule has 37 heavy (non-hydrogen) atoms. The standard InChI is InChI=1S/C30H26N4O2.ClH/c1-2-36-30(35)27(22-12-15-32-16-13-22)29-25-18-24(21-6-4-3-5-7-21)28(34-26(25)14-17-33-29)23-10-8-20(19-31)9-11-23;/h3-18,27H,2,19,31H2,1H3;1H. The minimum atomic E-state index is -0.697. The third-order valence-electron chi connectivity index (χ3n) is 6.16. The number of pyridine rings is 3. The minimum Gasteiger partial charge on any atom is -0.465 e. The molecule has 2 N–H and O–H groups in total. The molecule has 0 radical (unpaired) electrons. The molecule has 0 amide bonds. The first-order valence-corrected chi connectivity index (χ1v) is 11.9. The number of fused-ring (bicyclic) bond motifs is 1. The van der Waals surface area contributed by atoms with Gasteiger partial charge < -0.3 is 10.5 Å². The van der Waals surface area contributed by atoms with Crippen molar-refractivity contribution in [1.29, 1.82) is 0 Å². The van der Waals surface area contributed by atoms with E-state index in [1.54, 1.807) is 25.5 Å². The van der Waals surface area contributed by atoms with E-state index >= 15 is 0 Å². The summed E-state index contributed by atoms with van der Waals surface area (Å²) in [5, 5.41) is 0.800. The number of benzene rings is 2. The van der Waals surface area contributed by atoms with E-state index in [1.165, 1.54) is 0 Å². The number of ether oxygens (including phenoxy) is 1. The average molecular weight is 511 g/mol. The minimum absolute atomic E-state index is 0. The molecule has 7 heteroatoms. The zero-order valence-electron chi connectivity index (χ0n) is 20.4. The molecule has 0 aliphatic carbocycles. The fourth-order valence-corrected chi connectivity index (χ4v) is 4.39. The molecule has 1 atom stereocenters. The molecular weight excluding hydrogens is 484 g/mol. The fraction of sp³-hybridized carbons (Fsp3) is 0.133. The molecular formula is C30H27ClN4O2. The normalized spacial score (nSPS) is 11.5. The van der Waals surface area contributed by atoms with E-state index in [9.17, 15) is 4.79 Å². The largest absolute Gasteiger partial charge is 0.465 e. The molecule has 3 heterocycles. The van der Waals surface area contributed by atoms with Gasteiger partial charge in [-0.2, -0.15) is 0 Å². The molecule has 0 saturated heterocycles. The van der Waals surface area contributed by atoms with Gasteiger partial charge in [-0.1, -0.05) is 54.6 Å². The van der Waals surface area contributed by atoms with Crippen LogP contribution >= 0.6 is 12.4 Å². The van der Waals surface area contributed by atoms with E-state index in [2.05, 4.69) is 28.2 Å². The number of esters is 1. The zero-order chi connectivity index (χ0) is 24.9. The SMILES string of the molecule is CCOC(=O)C(c1ccncc1)c1nccc2nc(-c3ccc(CN)cc3)c(-c3ccccc3)cc12.Cl. The maximum atomic E-state index is 13.2. The lowest BCUT2D eigenvalue weighted by Gasteiger charge is -2.19. The van der Waals surface area contributed by atoms with Crippen molar-refractivity contribution >= 4 is 29.3 Å².